The monoisotopic (exact) mass is 287 g/mol. The first-order valence-electron chi connectivity index (χ1n) is 6.95. The Hall–Kier alpha value is -2.36. The molecule has 0 bridgehead atoms. The van der Waals surface area contributed by atoms with Crippen LogP contribution in [0.1, 0.15) is 12.0 Å². The maximum atomic E-state index is 5.75. The summed E-state index contributed by atoms with van der Waals surface area (Å²) >= 11 is 0. The van der Waals surface area contributed by atoms with E-state index in [-0.39, 0.29) is 0 Å². The Bertz CT molecular complexity index is 584. The van der Waals surface area contributed by atoms with E-state index < -0.39 is 0 Å². The average Bonchev–Trinajstić information content (AvgIpc) is 2.50. The molecular formula is C17H21NO3. The van der Waals surface area contributed by atoms with Crippen molar-refractivity contribution in [1.82, 2.24) is 0 Å². The molecule has 0 radical (unpaired) electrons. The van der Waals surface area contributed by atoms with Crippen LogP contribution in [0, 0.1) is 6.92 Å². The number of para-hydroxylation sites is 2. The third-order valence-electron chi connectivity index (χ3n) is 3.09. The predicted octanol–water partition coefficient (Wildman–Crippen LogP) is 3.43. The molecule has 2 N–H and O–H groups in total. The van der Waals surface area contributed by atoms with Crippen LogP contribution in [-0.4, -0.2) is 20.3 Å². The Morgan fingerprint density at radius 1 is 0.905 bits per heavy atom. The number of hydrogen-bond acceptors (Lipinski definition) is 4. The number of anilines is 1. The second-order valence-corrected chi connectivity index (χ2v) is 4.73. The van der Waals surface area contributed by atoms with E-state index in [0.717, 1.165) is 29.2 Å². The Morgan fingerprint density at radius 2 is 1.57 bits per heavy atom. The van der Waals surface area contributed by atoms with Gasteiger partial charge in [-0.05, 0) is 30.7 Å². The van der Waals surface area contributed by atoms with E-state index in [9.17, 15) is 0 Å². The molecule has 0 aliphatic heterocycles. The van der Waals surface area contributed by atoms with Gasteiger partial charge in [0.2, 0.25) is 0 Å². The highest BCUT2D eigenvalue weighted by molar-refractivity contribution is 5.47. The molecule has 4 nitrogen and oxygen atoms in total. The lowest BCUT2D eigenvalue weighted by Crippen LogP contribution is -2.06. The normalized spacial score (nSPS) is 10.2. The third kappa shape index (κ3) is 4.31. The van der Waals surface area contributed by atoms with E-state index in [0.29, 0.717) is 18.9 Å². The van der Waals surface area contributed by atoms with Crippen molar-refractivity contribution in [3.63, 3.8) is 0 Å². The quantitative estimate of drug-likeness (QED) is 0.626. The molecule has 21 heavy (non-hydrogen) atoms. The number of nitrogen functional groups attached to an aromatic ring is 1. The van der Waals surface area contributed by atoms with Crippen molar-refractivity contribution < 1.29 is 14.2 Å². The van der Waals surface area contributed by atoms with Gasteiger partial charge in [-0.1, -0.05) is 18.2 Å². The fourth-order valence-electron chi connectivity index (χ4n) is 1.93. The number of benzene rings is 2. The highest BCUT2D eigenvalue weighted by Gasteiger charge is 2.03. The third-order valence-corrected chi connectivity index (χ3v) is 3.09. The molecule has 0 unspecified atom stereocenters. The molecule has 2 rings (SSSR count). The minimum absolute atomic E-state index is 0.571. The van der Waals surface area contributed by atoms with Crippen molar-refractivity contribution in [3.05, 3.63) is 48.0 Å². The van der Waals surface area contributed by atoms with Gasteiger partial charge in [0.05, 0.1) is 20.3 Å². The van der Waals surface area contributed by atoms with Gasteiger partial charge in [-0.25, -0.2) is 0 Å². The van der Waals surface area contributed by atoms with E-state index in [1.54, 1.807) is 7.11 Å². The summed E-state index contributed by atoms with van der Waals surface area (Å²) in [7, 11) is 1.63. The van der Waals surface area contributed by atoms with Crippen LogP contribution in [0.15, 0.2) is 42.5 Å². The molecule has 0 saturated heterocycles. The van der Waals surface area contributed by atoms with Crippen molar-refractivity contribution in [2.45, 2.75) is 13.3 Å². The van der Waals surface area contributed by atoms with Crippen LogP contribution >= 0.6 is 0 Å². The van der Waals surface area contributed by atoms with E-state index in [1.165, 1.54) is 0 Å². The van der Waals surface area contributed by atoms with Gasteiger partial charge in [0, 0.05) is 18.2 Å². The number of methoxy groups -OCH3 is 1. The molecule has 2 aromatic carbocycles. The zero-order chi connectivity index (χ0) is 15.1. The Labute approximate surface area is 125 Å². The summed E-state index contributed by atoms with van der Waals surface area (Å²) in [5.74, 6) is 2.32. The molecule has 0 heterocycles. The Kier molecular flexibility index (Phi) is 5.32. The molecule has 0 atom stereocenters. The van der Waals surface area contributed by atoms with Crippen LogP contribution in [0.2, 0.25) is 0 Å². The zero-order valence-corrected chi connectivity index (χ0v) is 12.5. The fourth-order valence-corrected chi connectivity index (χ4v) is 1.93. The van der Waals surface area contributed by atoms with Gasteiger partial charge in [0.25, 0.3) is 0 Å². The summed E-state index contributed by atoms with van der Waals surface area (Å²) in [6.07, 6.45) is 0.784. The summed E-state index contributed by atoms with van der Waals surface area (Å²) in [5, 5.41) is 0. The van der Waals surface area contributed by atoms with Crippen LogP contribution < -0.4 is 19.9 Å². The summed E-state index contributed by atoms with van der Waals surface area (Å²) in [6, 6.07) is 13.3. The van der Waals surface area contributed by atoms with Crippen molar-refractivity contribution in [1.29, 1.82) is 0 Å². The first kappa shape index (κ1) is 15.0. The van der Waals surface area contributed by atoms with Crippen LogP contribution in [0.5, 0.6) is 17.2 Å². The lowest BCUT2D eigenvalue weighted by atomic mass is 10.2. The first-order valence-corrected chi connectivity index (χ1v) is 6.95. The predicted molar refractivity (Wildman–Crippen MR) is 84.2 cm³/mol. The zero-order valence-electron chi connectivity index (χ0n) is 12.5. The van der Waals surface area contributed by atoms with Gasteiger partial charge in [-0.2, -0.15) is 0 Å². The molecule has 0 fully saturated rings. The van der Waals surface area contributed by atoms with Crippen molar-refractivity contribution in [2.24, 2.45) is 0 Å². The largest absolute Gasteiger partial charge is 0.493 e. The van der Waals surface area contributed by atoms with Gasteiger partial charge in [-0.15, -0.1) is 0 Å². The second kappa shape index (κ2) is 7.43. The molecule has 0 aromatic heterocycles. The van der Waals surface area contributed by atoms with Gasteiger partial charge in [-0.3, -0.25) is 0 Å². The SMILES string of the molecule is COc1ccccc1OCCCOc1cc(N)ccc1C. The summed E-state index contributed by atoms with van der Waals surface area (Å²) in [5.41, 5.74) is 7.53. The lowest BCUT2D eigenvalue weighted by Gasteiger charge is -2.12. The van der Waals surface area contributed by atoms with E-state index in [4.69, 9.17) is 19.9 Å². The van der Waals surface area contributed by atoms with Gasteiger partial charge < -0.3 is 19.9 Å². The highest BCUT2D eigenvalue weighted by atomic mass is 16.5. The molecule has 4 heteroatoms. The highest BCUT2D eigenvalue weighted by Crippen LogP contribution is 2.26. The smallest absolute Gasteiger partial charge is 0.161 e. The minimum atomic E-state index is 0.571. The molecule has 0 saturated carbocycles. The van der Waals surface area contributed by atoms with Gasteiger partial charge in [0.15, 0.2) is 11.5 Å². The maximum Gasteiger partial charge on any atom is 0.161 e. The molecular weight excluding hydrogens is 266 g/mol. The molecule has 0 amide bonds. The van der Waals surface area contributed by atoms with E-state index in [2.05, 4.69) is 0 Å². The van der Waals surface area contributed by atoms with Crippen molar-refractivity contribution in [2.75, 3.05) is 26.1 Å². The van der Waals surface area contributed by atoms with Gasteiger partial charge >= 0.3 is 0 Å². The average molecular weight is 287 g/mol. The topological polar surface area (TPSA) is 53.7 Å². The standard InChI is InChI=1S/C17H21NO3/c1-13-8-9-14(18)12-17(13)21-11-5-10-20-16-7-4-3-6-15(16)19-2/h3-4,6-9,12H,5,10-11,18H2,1-2H3. The number of hydrogen-bond donors (Lipinski definition) is 1. The first-order chi connectivity index (χ1) is 10.2. The van der Waals surface area contributed by atoms with Crippen LogP contribution in [0.25, 0.3) is 0 Å². The second-order valence-electron chi connectivity index (χ2n) is 4.73. The fraction of sp³-hybridized carbons (Fsp3) is 0.294. The molecule has 112 valence electrons. The Morgan fingerprint density at radius 3 is 2.29 bits per heavy atom. The van der Waals surface area contributed by atoms with E-state index in [1.807, 2.05) is 49.4 Å². The van der Waals surface area contributed by atoms with Crippen molar-refractivity contribution in [3.8, 4) is 17.2 Å². The summed E-state index contributed by atoms with van der Waals surface area (Å²) in [4.78, 5) is 0. The molecule has 2 aromatic rings. The van der Waals surface area contributed by atoms with Gasteiger partial charge in [0.1, 0.15) is 5.75 Å². The summed E-state index contributed by atoms with van der Waals surface area (Å²) in [6.45, 7) is 3.15. The van der Waals surface area contributed by atoms with Crippen molar-refractivity contribution >= 4 is 5.69 Å². The minimum Gasteiger partial charge on any atom is -0.493 e. The Balaban J connectivity index is 1.76. The van der Waals surface area contributed by atoms with Crippen LogP contribution in [0.4, 0.5) is 5.69 Å². The number of nitrogens with two attached hydrogens (primary N) is 1. The number of rotatable bonds is 7. The maximum absolute atomic E-state index is 5.75. The number of aryl methyl sites for hydroxylation is 1. The molecule has 0 spiro atoms. The molecule has 0 aliphatic rings. The number of ether oxygens (including phenoxy) is 3. The summed E-state index contributed by atoms with van der Waals surface area (Å²) < 4.78 is 16.6. The molecule has 0 aliphatic carbocycles. The van der Waals surface area contributed by atoms with Crippen LogP contribution in [-0.2, 0) is 0 Å². The van der Waals surface area contributed by atoms with E-state index >= 15 is 0 Å². The lowest BCUT2D eigenvalue weighted by molar-refractivity contribution is 0.240. The van der Waals surface area contributed by atoms with Crippen LogP contribution in [0.3, 0.4) is 0 Å².